The van der Waals surface area contributed by atoms with E-state index in [1.165, 1.54) is 22.3 Å². The Hall–Kier alpha value is -4.57. The summed E-state index contributed by atoms with van der Waals surface area (Å²) in [5.41, 5.74) is 4.16. The molecule has 3 aromatic rings. The molecule has 3 aromatic carbocycles. The van der Waals surface area contributed by atoms with E-state index in [9.17, 15) is 4.79 Å². The van der Waals surface area contributed by atoms with Crippen LogP contribution in [0.2, 0.25) is 0 Å². The van der Waals surface area contributed by atoms with E-state index in [0.717, 1.165) is 27.5 Å². The van der Waals surface area contributed by atoms with Crippen LogP contribution in [0.25, 0.3) is 6.08 Å². The van der Waals surface area contributed by atoms with Crippen LogP contribution in [0.5, 0.6) is 23.0 Å². The van der Waals surface area contributed by atoms with Crippen LogP contribution in [0.4, 0.5) is 0 Å². The molecule has 0 saturated heterocycles. The lowest BCUT2D eigenvalue weighted by Gasteiger charge is -2.20. The Kier molecular flexibility index (Phi) is 8.39. The lowest BCUT2D eigenvalue weighted by Crippen LogP contribution is -2.35. The Bertz CT molecular complexity index is 1580. The second kappa shape index (κ2) is 12.3. The number of amides is 1. The Balaban J connectivity index is 1.20. The third-order valence-electron chi connectivity index (χ3n) is 6.43. The number of amidine groups is 2. The van der Waals surface area contributed by atoms with Gasteiger partial charge in [-0.25, -0.2) is 0 Å². The topological polar surface area (TPSA) is 106 Å². The quantitative estimate of drug-likeness (QED) is 0.248. The standard InChI is InChI=1S/C31H30N4O5S/c1-19-5-11-25(20(2)15-19)40-14-13-39-23-9-6-21(7-10-23)16-24-29(32)35-31(33-30(24)36)41-28(34-35)18-22-8-12-26(37-3)27(17-22)38-4/h5-12,15-17,32H,13-14,18H2,1-4H3/b24-16-,32-29?. The van der Waals surface area contributed by atoms with E-state index in [0.29, 0.717) is 42.1 Å². The number of methoxy groups -OCH3 is 2. The fourth-order valence-electron chi connectivity index (χ4n) is 4.37. The first-order chi connectivity index (χ1) is 19.8. The van der Waals surface area contributed by atoms with Crippen LogP contribution in [0.15, 0.2) is 76.3 Å². The number of thioether (sulfide) groups is 1. The third-order valence-corrected chi connectivity index (χ3v) is 7.34. The number of nitrogens with zero attached hydrogens (tertiary/aromatic N) is 3. The van der Waals surface area contributed by atoms with Crippen molar-refractivity contribution in [1.82, 2.24) is 5.01 Å². The van der Waals surface area contributed by atoms with E-state index < -0.39 is 5.91 Å². The zero-order valence-electron chi connectivity index (χ0n) is 23.3. The van der Waals surface area contributed by atoms with E-state index in [1.807, 2.05) is 61.5 Å². The summed E-state index contributed by atoms with van der Waals surface area (Å²) in [7, 11) is 3.18. The molecule has 0 spiro atoms. The van der Waals surface area contributed by atoms with Gasteiger partial charge in [0.2, 0.25) is 5.17 Å². The molecular weight excluding hydrogens is 540 g/mol. The fourth-order valence-corrected chi connectivity index (χ4v) is 5.29. The number of carbonyl (C=O) groups excluding carboxylic acids is 1. The maximum absolute atomic E-state index is 12.8. The summed E-state index contributed by atoms with van der Waals surface area (Å²) in [6.45, 7) is 4.89. The highest BCUT2D eigenvalue weighted by Gasteiger charge is 2.35. The van der Waals surface area contributed by atoms with Gasteiger partial charge in [0.05, 0.1) is 19.8 Å². The minimum Gasteiger partial charge on any atom is -0.493 e. The molecule has 0 fully saturated rings. The molecule has 0 radical (unpaired) electrons. The molecule has 0 unspecified atom stereocenters. The highest BCUT2D eigenvalue weighted by atomic mass is 32.2. The van der Waals surface area contributed by atoms with Crippen LogP contribution >= 0.6 is 11.8 Å². The molecular formula is C31H30N4O5S. The van der Waals surface area contributed by atoms with Gasteiger partial charge in [0.25, 0.3) is 5.91 Å². The molecule has 1 amide bonds. The summed E-state index contributed by atoms with van der Waals surface area (Å²) in [5, 5.41) is 15.7. The van der Waals surface area contributed by atoms with Crippen LogP contribution in [0, 0.1) is 19.3 Å². The predicted octanol–water partition coefficient (Wildman–Crippen LogP) is 5.64. The fraction of sp³-hybridized carbons (Fsp3) is 0.226. The average Bonchev–Trinajstić information content (AvgIpc) is 3.37. The lowest BCUT2D eigenvalue weighted by atomic mass is 10.1. The number of aliphatic imine (C=N–C) groups is 1. The highest BCUT2D eigenvalue weighted by molar-refractivity contribution is 8.26. The van der Waals surface area contributed by atoms with Crippen molar-refractivity contribution >= 4 is 39.8 Å². The van der Waals surface area contributed by atoms with Gasteiger partial charge in [-0.1, -0.05) is 35.9 Å². The molecule has 0 aromatic heterocycles. The summed E-state index contributed by atoms with van der Waals surface area (Å²) in [6.07, 6.45) is 2.14. The van der Waals surface area contributed by atoms with Crippen molar-refractivity contribution in [3.63, 3.8) is 0 Å². The Morgan fingerprint density at radius 1 is 0.902 bits per heavy atom. The third kappa shape index (κ3) is 6.44. The number of hydrogen-bond donors (Lipinski definition) is 1. The minimum atomic E-state index is -0.472. The van der Waals surface area contributed by atoms with Crippen molar-refractivity contribution in [2.24, 2.45) is 10.1 Å². The van der Waals surface area contributed by atoms with Crippen molar-refractivity contribution in [2.75, 3.05) is 27.4 Å². The number of ether oxygens (including phenoxy) is 4. The molecule has 9 nitrogen and oxygen atoms in total. The summed E-state index contributed by atoms with van der Waals surface area (Å²) >= 11 is 1.28. The molecule has 2 heterocycles. The maximum Gasteiger partial charge on any atom is 0.283 e. The number of rotatable bonds is 10. The number of hydrazone groups is 1. The molecule has 0 atom stereocenters. The summed E-state index contributed by atoms with van der Waals surface area (Å²) in [6, 6.07) is 19.0. The predicted molar refractivity (Wildman–Crippen MR) is 162 cm³/mol. The lowest BCUT2D eigenvalue weighted by molar-refractivity contribution is -0.114. The number of hydrogen-bond acceptors (Lipinski definition) is 8. The number of fused-ring (bicyclic) bond motifs is 1. The monoisotopic (exact) mass is 570 g/mol. The van der Waals surface area contributed by atoms with E-state index in [-0.39, 0.29) is 11.4 Å². The number of benzene rings is 3. The zero-order valence-corrected chi connectivity index (χ0v) is 24.1. The first-order valence-electron chi connectivity index (χ1n) is 13.0. The van der Waals surface area contributed by atoms with Gasteiger partial charge < -0.3 is 18.9 Å². The zero-order chi connectivity index (χ0) is 28.9. The molecule has 0 bridgehead atoms. The van der Waals surface area contributed by atoms with Crippen molar-refractivity contribution < 1.29 is 23.7 Å². The summed E-state index contributed by atoms with van der Waals surface area (Å²) in [5.74, 6) is 2.31. The number of nitrogens with one attached hydrogen (secondary N) is 1. The van der Waals surface area contributed by atoms with Crippen molar-refractivity contribution in [2.45, 2.75) is 20.3 Å². The summed E-state index contributed by atoms with van der Waals surface area (Å²) < 4.78 is 22.3. The van der Waals surface area contributed by atoms with Crippen LogP contribution in [-0.2, 0) is 11.2 Å². The molecule has 2 aliphatic rings. The normalized spacial score (nSPS) is 15.4. The molecule has 0 saturated carbocycles. The van der Waals surface area contributed by atoms with Crippen molar-refractivity contribution in [3.05, 3.63) is 88.5 Å². The minimum absolute atomic E-state index is 0.0151. The van der Waals surface area contributed by atoms with E-state index in [1.54, 1.807) is 20.3 Å². The molecule has 10 heteroatoms. The average molecular weight is 571 g/mol. The highest BCUT2D eigenvalue weighted by Crippen LogP contribution is 2.32. The van der Waals surface area contributed by atoms with Crippen molar-refractivity contribution in [1.29, 1.82) is 5.41 Å². The van der Waals surface area contributed by atoms with Crippen LogP contribution in [-0.4, -0.2) is 54.4 Å². The first kappa shape index (κ1) is 28.0. The van der Waals surface area contributed by atoms with Crippen LogP contribution in [0.3, 0.4) is 0 Å². The Morgan fingerprint density at radius 2 is 1.63 bits per heavy atom. The van der Waals surface area contributed by atoms with E-state index >= 15 is 0 Å². The molecule has 2 aliphatic heterocycles. The van der Waals surface area contributed by atoms with Gasteiger partial charge in [-0.2, -0.15) is 15.1 Å². The maximum atomic E-state index is 12.8. The van der Waals surface area contributed by atoms with E-state index in [2.05, 4.69) is 23.1 Å². The molecule has 41 heavy (non-hydrogen) atoms. The molecule has 5 rings (SSSR count). The van der Waals surface area contributed by atoms with Crippen molar-refractivity contribution in [3.8, 4) is 23.0 Å². The van der Waals surface area contributed by atoms with Gasteiger partial charge in [-0.3, -0.25) is 10.2 Å². The Morgan fingerprint density at radius 3 is 2.37 bits per heavy atom. The second-order valence-corrected chi connectivity index (χ2v) is 10.5. The SMILES string of the molecule is COc1ccc(CC2=NN3C(=N)/C(=C/c4ccc(OCCOc5ccc(C)cc5C)cc4)C(=O)N=C3S2)cc1OC. The summed E-state index contributed by atoms with van der Waals surface area (Å²) in [4.78, 5) is 17.0. The van der Waals surface area contributed by atoms with Gasteiger partial charge in [0.15, 0.2) is 17.3 Å². The molecule has 0 aliphatic carbocycles. The van der Waals surface area contributed by atoms with Crippen LogP contribution < -0.4 is 18.9 Å². The first-order valence-corrected chi connectivity index (χ1v) is 13.8. The number of aryl methyl sites for hydroxylation is 2. The molecule has 1 N–H and O–H groups in total. The van der Waals surface area contributed by atoms with Crippen LogP contribution in [0.1, 0.15) is 22.3 Å². The largest absolute Gasteiger partial charge is 0.493 e. The van der Waals surface area contributed by atoms with Gasteiger partial charge in [-0.15, -0.1) is 0 Å². The van der Waals surface area contributed by atoms with E-state index in [4.69, 9.17) is 24.4 Å². The van der Waals surface area contributed by atoms with Gasteiger partial charge in [-0.05, 0) is 78.7 Å². The van der Waals surface area contributed by atoms with Gasteiger partial charge >= 0.3 is 0 Å². The Labute approximate surface area is 243 Å². The molecule has 210 valence electrons. The van der Waals surface area contributed by atoms with Gasteiger partial charge in [0.1, 0.15) is 29.8 Å². The second-order valence-electron chi connectivity index (χ2n) is 9.41. The smallest absolute Gasteiger partial charge is 0.283 e. The number of carbonyl (C=O) groups is 1. The van der Waals surface area contributed by atoms with Gasteiger partial charge in [0, 0.05) is 6.42 Å².